The van der Waals surface area contributed by atoms with Crippen LogP contribution >= 0.6 is 11.3 Å². The first-order chi connectivity index (χ1) is 8.69. The third-order valence-corrected chi connectivity index (χ3v) is 4.23. The molecule has 1 aliphatic rings. The average molecular weight is 262 g/mol. The van der Waals surface area contributed by atoms with Gasteiger partial charge in [-0.3, -0.25) is 4.79 Å². The Balaban J connectivity index is 2.23. The third kappa shape index (κ3) is 1.71. The summed E-state index contributed by atoms with van der Waals surface area (Å²) >= 11 is 1.51. The zero-order valence-corrected chi connectivity index (χ0v) is 11.1. The number of benzene rings is 1. The van der Waals surface area contributed by atoms with Crippen molar-refractivity contribution in [2.75, 3.05) is 19.0 Å². The largest absolute Gasteiger partial charge is 0.497 e. The van der Waals surface area contributed by atoms with Crippen LogP contribution in [0.1, 0.15) is 16.6 Å². The van der Waals surface area contributed by atoms with E-state index in [1.54, 1.807) is 7.11 Å². The fraction of sp³-hybridized carbons (Fsp3) is 0.308. The lowest BCUT2D eigenvalue weighted by molar-refractivity contribution is 0.0960. The van der Waals surface area contributed by atoms with E-state index in [0.29, 0.717) is 6.54 Å². The maximum absolute atomic E-state index is 12.0. The molecule has 1 aromatic heterocycles. The molecular weight excluding hydrogens is 248 g/mol. The fourth-order valence-electron chi connectivity index (χ4n) is 2.13. The molecule has 4 nitrogen and oxygen atoms in total. The second-order valence-corrected chi connectivity index (χ2v) is 5.48. The van der Waals surface area contributed by atoms with E-state index in [1.165, 1.54) is 11.3 Å². The number of rotatable bonds is 1. The van der Waals surface area contributed by atoms with Crippen LogP contribution in [0.25, 0.3) is 10.1 Å². The van der Waals surface area contributed by atoms with E-state index in [1.807, 2.05) is 18.2 Å². The Morgan fingerprint density at radius 3 is 3.06 bits per heavy atom. The van der Waals surface area contributed by atoms with Crippen LogP contribution in [0.4, 0.5) is 5.69 Å². The van der Waals surface area contributed by atoms with E-state index in [2.05, 4.69) is 17.6 Å². The molecule has 18 heavy (non-hydrogen) atoms. The predicted molar refractivity (Wildman–Crippen MR) is 73.8 cm³/mol. The Bertz CT molecular complexity index is 621. The van der Waals surface area contributed by atoms with Crippen molar-refractivity contribution in [2.45, 2.75) is 13.0 Å². The topological polar surface area (TPSA) is 50.4 Å². The number of thiophene rings is 1. The molecule has 2 heterocycles. The quantitative estimate of drug-likeness (QED) is 0.830. The molecule has 0 saturated heterocycles. The smallest absolute Gasteiger partial charge is 0.263 e. The van der Waals surface area contributed by atoms with Crippen molar-refractivity contribution in [3.63, 3.8) is 0 Å². The highest BCUT2D eigenvalue weighted by molar-refractivity contribution is 7.21. The second-order valence-electron chi connectivity index (χ2n) is 4.42. The van der Waals surface area contributed by atoms with Crippen molar-refractivity contribution in [1.82, 2.24) is 5.32 Å². The Labute approximate surface area is 109 Å². The van der Waals surface area contributed by atoms with Gasteiger partial charge in [-0.15, -0.1) is 11.3 Å². The Kier molecular flexibility index (Phi) is 2.63. The minimum atomic E-state index is 0.00187. The maximum atomic E-state index is 12.0. The fourth-order valence-corrected chi connectivity index (χ4v) is 3.19. The molecule has 3 rings (SSSR count). The summed E-state index contributed by atoms with van der Waals surface area (Å²) in [5, 5.41) is 7.37. The number of fused-ring (bicyclic) bond motifs is 3. The number of nitrogens with one attached hydrogen (secondary N) is 2. The van der Waals surface area contributed by atoms with Crippen LogP contribution in [0.15, 0.2) is 18.2 Å². The van der Waals surface area contributed by atoms with Gasteiger partial charge in [-0.05, 0) is 25.1 Å². The number of amides is 1. The standard InChI is InChI=1S/C13H14N2O2S/c1-7-6-14-13(16)12-11(15-7)9-5-8(17-2)3-4-10(9)18-12/h3-5,7,15H,6H2,1-2H3,(H,14,16). The third-order valence-electron chi connectivity index (χ3n) is 3.06. The van der Waals surface area contributed by atoms with Gasteiger partial charge >= 0.3 is 0 Å². The summed E-state index contributed by atoms with van der Waals surface area (Å²) in [4.78, 5) is 12.8. The number of carbonyl (C=O) groups excluding carboxylic acids is 1. The number of hydrogen-bond acceptors (Lipinski definition) is 4. The number of methoxy groups -OCH3 is 1. The molecule has 0 radical (unpaired) electrons. The Morgan fingerprint density at radius 1 is 1.44 bits per heavy atom. The van der Waals surface area contributed by atoms with Crippen LogP contribution in [-0.2, 0) is 0 Å². The van der Waals surface area contributed by atoms with Crippen LogP contribution in [0.5, 0.6) is 5.75 Å². The van der Waals surface area contributed by atoms with Gasteiger partial charge in [-0.2, -0.15) is 0 Å². The molecule has 94 valence electrons. The number of ether oxygens (including phenoxy) is 1. The van der Waals surface area contributed by atoms with Gasteiger partial charge in [0, 0.05) is 22.7 Å². The molecule has 0 bridgehead atoms. The van der Waals surface area contributed by atoms with Crippen LogP contribution in [-0.4, -0.2) is 25.6 Å². The molecular formula is C13H14N2O2S. The first-order valence-electron chi connectivity index (χ1n) is 5.84. The number of hydrogen-bond donors (Lipinski definition) is 2. The lowest BCUT2D eigenvalue weighted by atomic mass is 10.2. The molecule has 1 unspecified atom stereocenters. The molecule has 1 amide bonds. The van der Waals surface area contributed by atoms with Crippen molar-refractivity contribution < 1.29 is 9.53 Å². The first kappa shape index (κ1) is 11.3. The van der Waals surface area contributed by atoms with Crippen molar-refractivity contribution >= 4 is 33.0 Å². The van der Waals surface area contributed by atoms with Crippen molar-refractivity contribution in [1.29, 1.82) is 0 Å². The van der Waals surface area contributed by atoms with Gasteiger partial charge in [-0.1, -0.05) is 0 Å². The highest BCUT2D eigenvalue weighted by atomic mass is 32.1. The summed E-state index contributed by atoms with van der Waals surface area (Å²) in [5.41, 5.74) is 0.927. The van der Waals surface area contributed by atoms with Crippen LogP contribution < -0.4 is 15.4 Å². The van der Waals surface area contributed by atoms with E-state index in [-0.39, 0.29) is 11.9 Å². The van der Waals surface area contributed by atoms with Crippen molar-refractivity contribution in [3.05, 3.63) is 23.1 Å². The van der Waals surface area contributed by atoms with Gasteiger partial charge < -0.3 is 15.4 Å². The van der Waals surface area contributed by atoms with Crippen molar-refractivity contribution in [3.8, 4) is 5.75 Å². The first-order valence-corrected chi connectivity index (χ1v) is 6.66. The van der Waals surface area contributed by atoms with Crippen LogP contribution in [0.3, 0.4) is 0 Å². The van der Waals surface area contributed by atoms with Gasteiger partial charge in [0.05, 0.1) is 12.8 Å². The predicted octanol–water partition coefficient (Wildman–Crippen LogP) is 2.45. The molecule has 2 N–H and O–H groups in total. The molecule has 0 spiro atoms. The van der Waals surface area contributed by atoms with E-state index in [9.17, 15) is 4.79 Å². The van der Waals surface area contributed by atoms with Crippen LogP contribution in [0.2, 0.25) is 0 Å². The Hall–Kier alpha value is -1.75. The van der Waals surface area contributed by atoms with E-state index in [4.69, 9.17) is 4.74 Å². The van der Waals surface area contributed by atoms with Gasteiger partial charge in [0.1, 0.15) is 10.6 Å². The zero-order valence-electron chi connectivity index (χ0n) is 10.2. The van der Waals surface area contributed by atoms with E-state index < -0.39 is 0 Å². The minimum Gasteiger partial charge on any atom is -0.497 e. The summed E-state index contributed by atoms with van der Waals surface area (Å²) in [6.45, 7) is 2.70. The molecule has 0 fully saturated rings. The molecule has 0 saturated carbocycles. The minimum absolute atomic E-state index is 0.00187. The van der Waals surface area contributed by atoms with Gasteiger partial charge in [0.2, 0.25) is 0 Å². The number of anilines is 1. The SMILES string of the molecule is COc1ccc2sc3c(c2c1)NC(C)CNC3=O. The summed E-state index contributed by atoms with van der Waals surface area (Å²) < 4.78 is 6.34. The second kappa shape index (κ2) is 4.17. The summed E-state index contributed by atoms with van der Waals surface area (Å²) in [5.74, 6) is 0.809. The Morgan fingerprint density at radius 2 is 2.28 bits per heavy atom. The number of carbonyl (C=O) groups is 1. The summed E-state index contributed by atoms with van der Waals surface area (Å²) in [6.07, 6.45) is 0. The van der Waals surface area contributed by atoms with E-state index in [0.717, 1.165) is 26.4 Å². The van der Waals surface area contributed by atoms with Gasteiger partial charge in [0.15, 0.2) is 0 Å². The monoisotopic (exact) mass is 262 g/mol. The van der Waals surface area contributed by atoms with Crippen molar-refractivity contribution in [2.24, 2.45) is 0 Å². The molecule has 2 aromatic rings. The van der Waals surface area contributed by atoms with Gasteiger partial charge in [0.25, 0.3) is 5.91 Å². The lowest BCUT2D eigenvalue weighted by Crippen LogP contribution is -2.30. The summed E-state index contributed by atoms with van der Waals surface area (Å²) in [7, 11) is 1.65. The van der Waals surface area contributed by atoms with E-state index >= 15 is 0 Å². The molecule has 0 aliphatic carbocycles. The molecule has 5 heteroatoms. The molecule has 1 aromatic carbocycles. The highest BCUT2D eigenvalue weighted by Crippen LogP contribution is 2.38. The highest BCUT2D eigenvalue weighted by Gasteiger charge is 2.23. The maximum Gasteiger partial charge on any atom is 0.263 e. The molecule has 1 aliphatic heterocycles. The zero-order chi connectivity index (χ0) is 12.7. The molecule has 1 atom stereocenters. The van der Waals surface area contributed by atoms with Gasteiger partial charge in [-0.25, -0.2) is 0 Å². The summed E-state index contributed by atoms with van der Waals surface area (Å²) in [6, 6.07) is 6.11. The lowest BCUT2D eigenvalue weighted by Gasteiger charge is -2.11. The van der Waals surface area contributed by atoms with Crippen LogP contribution in [0, 0.1) is 0 Å². The average Bonchev–Trinajstić information content (AvgIpc) is 2.67. The normalized spacial score (nSPS) is 18.8.